The average molecular weight is 149 g/mol. The predicted molar refractivity (Wildman–Crippen MR) is 43.0 cm³/mol. The highest BCUT2D eigenvalue weighted by Gasteiger charge is 2.10. The molecular weight excluding hydrogens is 138 g/mol. The smallest absolute Gasteiger partial charge is 0.137 e. The molecule has 1 aromatic rings. The SMILES string of the molecule is CC1=Cn2c(C)nnc2CC1. The molecule has 0 unspecified atom stereocenters. The lowest BCUT2D eigenvalue weighted by atomic mass is 10.1. The first-order valence-corrected chi connectivity index (χ1v) is 3.85. The van der Waals surface area contributed by atoms with Crippen LogP contribution in [0.25, 0.3) is 6.20 Å². The van der Waals surface area contributed by atoms with Gasteiger partial charge in [-0.15, -0.1) is 10.2 Å². The molecule has 1 aliphatic rings. The van der Waals surface area contributed by atoms with Gasteiger partial charge in [0, 0.05) is 12.6 Å². The Balaban J connectivity index is 2.55. The van der Waals surface area contributed by atoms with Crippen LogP contribution < -0.4 is 0 Å². The molecule has 0 aromatic carbocycles. The molecule has 0 saturated heterocycles. The lowest BCUT2D eigenvalue weighted by molar-refractivity contribution is 0.793. The van der Waals surface area contributed by atoms with Gasteiger partial charge in [-0.25, -0.2) is 0 Å². The lowest BCUT2D eigenvalue weighted by Gasteiger charge is -2.10. The number of aryl methyl sites for hydroxylation is 2. The molecule has 0 N–H and O–H groups in total. The van der Waals surface area contributed by atoms with Crippen molar-refractivity contribution in [2.24, 2.45) is 0 Å². The summed E-state index contributed by atoms with van der Waals surface area (Å²) in [4.78, 5) is 0. The van der Waals surface area contributed by atoms with Crippen LogP contribution in [0.1, 0.15) is 25.0 Å². The van der Waals surface area contributed by atoms with Gasteiger partial charge in [-0.05, 0) is 20.3 Å². The van der Waals surface area contributed by atoms with Gasteiger partial charge in [-0.1, -0.05) is 5.57 Å². The van der Waals surface area contributed by atoms with Crippen molar-refractivity contribution in [3.05, 3.63) is 17.2 Å². The lowest BCUT2D eigenvalue weighted by Crippen LogP contribution is -2.04. The van der Waals surface area contributed by atoms with Crippen LogP contribution in [0.5, 0.6) is 0 Å². The summed E-state index contributed by atoms with van der Waals surface area (Å²) in [5, 5.41) is 8.06. The second-order valence-electron chi connectivity index (χ2n) is 3.01. The summed E-state index contributed by atoms with van der Waals surface area (Å²) in [5.41, 5.74) is 1.40. The summed E-state index contributed by atoms with van der Waals surface area (Å²) in [6, 6.07) is 0. The first-order chi connectivity index (χ1) is 5.27. The molecule has 2 heterocycles. The number of allylic oxidation sites excluding steroid dienone is 1. The summed E-state index contributed by atoms with van der Waals surface area (Å²) in [6.07, 6.45) is 4.27. The highest BCUT2D eigenvalue weighted by atomic mass is 15.3. The maximum absolute atomic E-state index is 4.06. The average Bonchev–Trinajstić information content (AvgIpc) is 2.33. The molecule has 0 aliphatic carbocycles. The molecule has 0 amide bonds. The first kappa shape index (κ1) is 6.58. The van der Waals surface area contributed by atoms with Gasteiger partial charge in [0.2, 0.25) is 0 Å². The van der Waals surface area contributed by atoms with Crippen LogP contribution in [0.3, 0.4) is 0 Å². The zero-order valence-electron chi connectivity index (χ0n) is 6.83. The molecular formula is C8H11N3. The van der Waals surface area contributed by atoms with E-state index in [0.29, 0.717) is 0 Å². The second kappa shape index (κ2) is 2.19. The number of fused-ring (bicyclic) bond motifs is 1. The van der Waals surface area contributed by atoms with E-state index in [-0.39, 0.29) is 0 Å². The number of nitrogens with zero attached hydrogens (tertiary/aromatic N) is 3. The van der Waals surface area contributed by atoms with Crippen LogP contribution in [-0.2, 0) is 6.42 Å². The van der Waals surface area contributed by atoms with Gasteiger partial charge in [0.15, 0.2) is 0 Å². The van der Waals surface area contributed by atoms with Crippen molar-refractivity contribution in [3.8, 4) is 0 Å². The Labute approximate surface area is 65.8 Å². The van der Waals surface area contributed by atoms with Crippen LogP contribution in [-0.4, -0.2) is 14.8 Å². The Kier molecular flexibility index (Phi) is 1.31. The maximum atomic E-state index is 4.06. The van der Waals surface area contributed by atoms with Gasteiger partial charge in [0.05, 0.1) is 0 Å². The predicted octanol–water partition coefficient (Wildman–Crippen LogP) is 1.39. The Bertz CT molecular complexity index is 309. The van der Waals surface area contributed by atoms with Gasteiger partial charge in [-0.2, -0.15) is 0 Å². The van der Waals surface area contributed by atoms with Gasteiger partial charge in [-0.3, -0.25) is 4.57 Å². The Hall–Kier alpha value is -1.12. The van der Waals surface area contributed by atoms with E-state index < -0.39 is 0 Å². The van der Waals surface area contributed by atoms with Crippen LogP contribution >= 0.6 is 0 Å². The fourth-order valence-electron chi connectivity index (χ4n) is 1.35. The summed E-state index contributed by atoms with van der Waals surface area (Å²) >= 11 is 0. The van der Waals surface area contributed by atoms with Gasteiger partial charge in [0.1, 0.15) is 11.6 Å². The largest absolute Gasteiger partial charge is 0.290 e. The third-order valence-electron chi connectivity index (χ3n) is 2.03. The summed E-state index contributed by atoms with van der Waals surface area (Å²) in [6.45, 7) is 4.12. The topological polar surface area (TPSA) is 30.7 Å². The van der Waals surface area contributed by atoms with Crippen molar-refractivity contribution in [1.82, 2.24) is 14.8 Å². The minimum atomic E-state index is 0.985. The van der Waals surface area contributed by atoms with E-state index >= 15 is 0 Å². The zero-order chi connectivity index (χ0) is 7.84. The molecule has 11 heavy (non-hydrogen) atoms. The summed E-state index contributed by atoms with van der Waals surface area (Å²) in [5.74, 6) is 2.08. The quantitative estimate of drug-likeness (QED) is 0.558. The van der Waals surface area contributed by atoms with Crippen molar-refractivity contribution in [1.29, 1.82) is 0 Å². The number of aromatic nitrogens is 3. The first-order valence-electron chi connectivity index (χ1n) is 3.85. The zero-order valence-corrected chi connectivity index (χ0v) is 6.83. The summed E-state index contributed by atoms with van der Waals surface area (Å²) in [7, 11) is 0. The van der Waals surface area contributed by atoms with Gasteiger partial charge in [0.25, 0.3) is 0 Å². The van der Waals surface area contributed by atoms with Gasteiger partial charge < -0.3 is 0 Å². The van der Waals surface area contributed by atoms with Crippen LogP contribution in [0.4, 0.5) is 0 Å². The molecule has 0 atom stereocenters. The molecule has 2 rings (SSSR count). The van der Waals surface area contributed by atoms with E-state index in [1.165, 1.54) is 5.57 Å². The molecule has 1 aromatic heterocycles. The highest BCUT2D eigenvalue weighted by molar-refractivity contribution is 5.35. The molecule has 0 bridgehead atoms. The van der Waals surface area contributed by atoms with Crippen molar-refractivity contribution in [2.75, 3.05) is 0 Å². The fraction of sp³-hybridized carbons (Fsp3) is 0.500. The fourth-order valence-corrected chi connectivity index (χ4v) is 1.35. The second-order valence-corrected chi connectivity index (χ2v) is 3.01. The number of hydrogen-bond acceptors (Lipinski definition) is 2. The van der Waals surface area contributed by atoms with Crippen LogP contribution in [0, 0.1) is 6.92 Å². The van der Waals surface area contributed by atoms with Crippen LogP contribution in [0.15, 0.2) is 5.57 Å². The van der Waals surface area contributed by atoms with Crippen molar-refractivity contribution >= 4 is 6.20 Å². The third-order valence-corrected chi connectivity index (χ3v) is 2.03. The Morgan fingerprint density at radius 1 is 1.27 bits per heavy atom. The molecule has 58 valence electrons. The molecule has 0 saturated carbocycles. The highest BCUT2D eigenvalue weighted by Crippen LogP contribution is 2.16. The minimum absolute atomic E-state index is 0.985. The Morgan fingerprint density at radius 2 is 2.09 bits per heavy atom. The van der Waals surface area contributed by atoms with Crippen LogP contribution in [0.2, 0.25) is 0 Å². The third kappa shape index (κ3) is 0.964. The molecule has 3 heteroatoms. The minimum Gasteiger partial charge on any atom is -0.290 e. The molecule has 0 spiro atoms. The van der Waals surface area contributed by atoms with E-state index in [2.05, 4.69) is 27.9 Å². The Morgan fingerprint density at radius 3 is 2.91 bits per heavy atom. The molecule has 3 nitrogen and oxygen atoms in total. The molecule has 0 fully saturated rings. The molecule has 0 radical (unpaired) electrons. The van der Waals surface area contributed by atoms with Crippen molar-refractivity contribution < 1.29 is 0 Å². The van der Waals surface area contributed by atoms with E-state index in [0.717, 1.165) is 24.5 Å². The number of hydrogen-bond donors (Lipinski definition) is 0. The maximum Gasteiger partial charge on any atom is 0.137 e. The monoisotopic (exact) mass is 149 g/mol. The van der Waals surface area contributed by atoms with E-state index in [9.17, 15) is 0 Å². The standard InChI is InChI=1S/C8H11N3/c1-6-3-4-8-10-9-7(2)11(8)5-6/h5H,3-4H2,1-2H3. The normalized spacial score (nSPS) is 16.0. The van der Waals surface area contributed by atoms with Gasteiger partial charge >= 0.3 is 0 Å². The van der Waals surface area contributed by atoms with E-state index in [4.69, 9.17) is 0 Å². The summed E-state index contributed by atoms with van der Waals surface area (Å²) < 4.78 is 2.07. The van der Waals surface area contributed by atoms with E-state index in [1.807, 2.05) is 6.92 Å². The number of rotatable bonds is 0. The van der Waals surface area contributed by atoms with Crippen molar-refractivity contribution in [2.45, 2.75) is 26.7 Å². The van der Waals surface area contributed by atoms with Crippen molar-refractivity contribution in [3.63, 3.8) is 0 Å². The van der Waals surface area contributed by atoms with E-state index in [1.54, 1.807) is 0 Å². The molecule has 1 aliphatic heterocycles.